The van der Waals surface area contributed by atoms with Crippen LogP contribution in [0.4, 0.5) is 0 Å². The summed E-state index contributed by atoms with van der Waals surface area (Å²) in [7, 11) is 4.86. The standard InChI is InChI=1S/C39H65NO14/c1-10-14-29(44)52-37-25(5)50-31(21-39(37,6)47)53-34-24(4)51-38(33(46)32(34)40(7)8)54-35-26(17-18-41)19-22(2)27(42)16-13-11-12-15-23(3)49-30(45)20-28(43)36(35)48-9/h11-13,16,18,22-28,31-38,42-43,46-47H,10,14-15,17,19-21H2,1-9H3/b12-11+,16-13+/t22-,23-,24-,25+,26?,27+,28-,31+,32-,33-,34-,35+,36+,37+,38+,39-/m1/s1. The molecule has 0 spiro atoms. The Morgan fingerprint density at radius 2 is 1.74 bits per heavy atom. The van der Waals surface area contributed by atoms with Crippen molar-refractivity contribution in [3.05, 3.63) is 24.3 Å². The molecule has 0 bridgehead atoms. The summed E-state index contributed by atoms with van der Waals surface area (Å²) >= 11 is 0. The van der Waals surface area contributed by atoms with E-state index in [4.69, 9.17) is 33.2 Å². The van der Waals surface area contributed by atoms with Gasteiger partial charge in [0.15, 0.2) is 18.7 Å². The first-order valence-electron chi connectivity index (χ1n) is 19.2. The summed E-state index contributed by atoms with van der Waals surface area (Å²) in [5.41, 5.74) is -1.47. The van der Waals surface area contributed by atoms with Gasteiger partial charge in [-0.25, -0.2) is 0 Å². The Kier molecular flexibility index (Phi) is 18.2. The number of nitrogens with zero attached hydrogens (tertiary/aromatic N) is 1. The predicted molar refractivity (Wildman–Crippen MR) is 196 cm³/mol. The van der Waals surface area contributed by atoms with E-state index in [2.05, 4.69) is 0 Å². The maximum atomic E-state index is 12.9. The molecule has 0 aliphatic carbocycles. The summed E-state index contributed by atoms with van der Waals surface area (Å²) in [4.78, 5) is 39.0. The molecule has 2 saturated heterocycles. The number of aliphatic hydroxyl groups is 4. The summed E-state index contributed by atoms with van der Waals surface area (Å²) in [6.45, 7) is 10.4. The van der Waals surface area contributed by atoms with Crippen LogP contribution < -0.4 is 0 Å². The Labute approximate surface area is 319 Å². The number of hydrogen-bond acceptors (Lipinski definition) is 15. The van der Waals surface area contributed by atoms with Gasteiger partial charge in [-0.15, -0.1) is 0 Å². The third kappa shape index (κ3) is 12.6. The SMILES string of the molecule is CCCC(=O)O[C@H]1[C@H](C)O[C@@H](O[C@H]2[C@H](N(C)C)[C@@H](O)[C@H](O[C@H]3C(CC=O)C[C@@H](C)[C@@H](O)/C=C/C=C/C[C@@H](C)OC(=O)C[C@@H](O)[C@@H]3OC)O[C@@H]2C)C[C@@]1(C)O. The van der Waals surface area contributed by atoms with E-state index in [-0.39, 0.29) is 31.6 Å². The number of esters is 2. The highest BCUT2D eigenvalue weighted by Gasteiger charge is 2.52. The van der Waals surface area contributed by atoms with Crippen molar-refractivity contribution in [3.8, 4) is 0 Å². The van der Waals surface area contributed by atoms with E-state index in [1.165, 1.54) is 7.11 Å². The number of carbonyl (C=O) groups is 3. The highest BCUT2D eigenvalue weighted by molar-refractivity contribution is 5.70. The van der Waals surface area contributed by atoms with E-state index in [0.29, 0.717) is 12.8 Å². The number of hydrogen-bond donors (Lipinski definition) is 4. The molecule has 3 heterocycles. The molecule has 3 rings (SSSR count). The molecule has 0 saturated carbocycles. The Morgan fingerprint density at radius 1 is 1.04 bits per heavy atom. The van der Waals surface area contributed by atoms with Crippen LogP contribution in [-0.4, -0.2) is 150 Å². The highest BCUT2D eigenvalue weighted by atomic mass is 16.7. The zero-order valence-electron chi connectivity index (χ0n) is 33.3. The monoisotopic (exact) mass is 771 g/mol. The number of likely N-dealkylation sites (N-methyl/N-ethyl adjacent to an activating group) is 1. The fourth-order valence-corrected chi connectivity index (χ4v) is 7.66. The average Bonchev–Trinajstić information content (AvgIpc) is 3.07. The molecule has 2 fully saturated rings. The molecule has 15 nitrogen and oxygen atoms in total. The van der Waals surface area contributed by atoms with Crippen molar-refractivity contribution in [3.63, 3.8) is 0 Å². The van der Waals surface area contributed by atoms with Crippen LogP contribution in [0.15, 0.2) is 24.3 Å². The highest BCUT2D eigenvalue weighted by Crippen LogP contribution is 2.37. The number of ether oxygens (including phenoxy) is 7. The van der Waals surface area contributed by atoms with Gasteiger partial charge in [0.2, 0.25) is 0 Å². The minimum atomic E-state index is -1.47. The van der Waals surface area contributed by atoms with Crippen LogP contribution >= 0.6 is 0 Å². The lowest BCUT2D eigenvalue weighted by atomic mass is 9.82. The summed E-state index contributed by atoms with van der Waals surface area (Å²) in [5, 5.41) is 45.7. The molecule has 0 aromatic carbocycles. The Balaban J connectivity index is 1.91. The molecule has 0 aromatic heterocycles. The van der Waals surface area contributed by atoms with Crippen molar-refractivity contribution < 1.29 is 68.0 Å². The Hall–Kier alpha value is -2.31. The minimum Gasteiger partial charge on any atom is -0.462 e. The second-order valence-electron chi connectivity index (χ2n) is 15.5. The summed E-state index contributed by atoms with van der Waals surface area (Å²) in [6.07, 6.45) is -3.26. The Bertz CT molecular complexity index is 1240. The van der Waals surface area contributed by atoms with Gasteiger partial charge in [0.1, 0.15) is 36.3 Å². The van der Waals surface area contributed by atoms with E-state index in [1.54, 1.807) is 64.9 Å². The molecule has 0 aromatic rings. The van der Waals surface area contributed by atoms with Gasteiger partial charge in [0, 0.05) is 32.8 Å². The van der Waals surface area contributed by atoms with Gasteiger partial charge in [-0.2, -0.15) is 0 Å². The van der Waals surface area contributed by atoms with Gasteiger partial charge in [-0.3, -0.25) is 9.59 Å². The molecule has 4 N–H and O–H groups in total. The van der Waals surface area contributed by atoms with Crippen LogP contribution in [0.5, 0.6) is 0 Å². The molecule has 54 heavy (non-hydrogen) atoms. The maximum Gasteiger partial charge on any atom is 0.308 e. The minimum absolute atomic E-state index is 0.0274. The van der Waals surface area contributed by atoms with Gasteiger partial charge in [-0.05, 0) is 66.5 Å². The van der Waals surface area contributed by atoms with Crippen molar-refractivity contribution in [1.29, 1.82) is 0 Å². The molecular weight excluding hydrogens is 706 g/mol. The van der Waals surface area contributed by atoms with Gasteiger partial charge < -0.3 is 63.3 Å². The van der Waals surface area contributed by atoms with E-state index in [1.807, 2.05) is 19.9 Å². The number of methoxy groups -OCH3 is 1. The topological polar surface area (TPSA) is 200 Å². The molecular formula is C39H65NO14. The number of aliphatic hydroxyl groups excluding tert-OH is 3. The van der Waals surface area contributed by atoms with E-state index >= 15 is 0 Å². The first-order valence-corrected chi connectivity index (χ1v) is 19.2. The first-order chi connectivity index (χ1) is 25.4. The maximum absolute atomic E-state index is 12.9. The van der Waals surface area contributed by atoms with Crippen LogP contribution in [0.1, 0.15) is 86.5 Å². The van der Waals surface area contributed by atoms with E-state index in [9.17, 15) is 34.8 Å². The second-order valence-corrected chi connectivity index (χ2v) is 15.5. The van der Waals surface area contributed by atoms with Crippen molar-refractivity contribution in [2.45, 2.75) is 172 Å². The van der Waals surface area contributed by atoms with Gasteiger partial charge in [-0.1, -0.05) is 38.2 Å². The second kappa shape index (κ2) is 21.3. The van der Waals surface area contributed by atoms with E-state index < -0.39 is 110 Å². The molecule has 1 unspecified atom stereocenters. The van der Waals surface area contributed by atoms with Crippen molar-refractivity contribution in [1.82, 2.24) is 4.90 Å². The third-order valence-corrected chi connectivity index (χ3v) is 10.5. The zero-order chi connectivity index (χ0) is 40.3. The van der Waals surface area contributed by atoms with E-state index in [0.717, 1.165) is 6.29 Å². The van der Waals surface area contributed by atoms with Crippen LogP contribution in [0.25, 0.3) is 0 Å². The first kappa shape index (κ1) is 46.1. The lowest BCUT2D eigenvalue weighted by Gasteiger charge is -2.50. The van der Waals surface area contributed by atoms with Gasteiger partial charge in [0.05, 0.1) is 43.0 Å². The van der Waals surface area contributed by atoms with Crippen molar-refractivity contribution in [2.24, 2.45) is 11.8 Å². The fourth-order valence-electron chi connectivity index (χ4n) is 7.66. The number of allylic oxidation sites excluding steroid dienone is 2. The molecule has 3 aliphatic heterocycles. The van der Waals surface area contributed by atoms with Crippen LogP contribution in [0.2, 0.25) is 0 Å². The molecule has 15 heteroatoms. The average molecular weight is 772 g/mol. The Morgan fingerprint density at radius 3 is 2.35 bits per heavy atom. The number of cyclic esters (lactones) is 1. The molecule has 0 radical (unpaired) electrons. The molecule has 3 aliphatic rings. The predicted octanol–water partition coefficient (Wildman–Crippen LogP) is 2.20. The molecule has 310 valence electrons. The van der Waals surface area contributed by atoms with Gasteiger partial charge in [0.25, 0.3) is 0 Å². The van der Waals surface area contributed by atoms with Crippen molar-refractivity contribution in [2.75, 3.05) is 21.2 Å². The molecule has 0 amide bonds. The smallest absolute Gasteiger partial charge is 0.308 e. The van der Waals surface area contributed by atoms with Crippen LogP contribution in [-0.2, 0) is 47.5 Å². The van der Waals surface area contributed by atoms with Crippen LogP contribution in [0.3, 0.4) is 0 Å². The summed E-state index contributed by atoms with van der Waals surface area (Å²) in [6, 6.07) is -0.750. The van der Waals surface area contributed by atoms with Crippen LogP contribution in [0, 0.1) is 11.8 Å². The quantitative estimate of drug-likeness (QED) is 0.176. The van der Waals surface area contributed by atoms with Gasteiger partial charge >= 0.3 is 11.9 Å². The summed E-state index contributed by atoms with van der Waals surface area (Å²) < 4.78 is 42.2. The lowest BCUT2D eigenvalue weighted by molar-refractivity contribution is -0.344. The fraction of sp³-hybridized carbons (Fsp3) is 0.821. The normalized spacial score (nSPS) is 42.9. The number of rotatable bonds is 11. The largest absolute Gasteiger partial charge is 0.462 e. The van der Waals surface area contributed by atoms with Crippen molar-refractivity contribution >= 4 is 18.2 Å². The third-order valence-electron chi connectivity index (χ3n) is 10.5. The number of aldehydes is 1. The summed E-state index contributed by atoms with van der Waals surface area (Å²) in [5.74, 6) is -2.11. The number of carbonyl (C=O) groups excluding carboxylic acids is 3. The zero-order valence-corrected chi connectivity index (χ0v) is 33.3. The lowest BCUT2D eigenvalue weighted by Crippen LogP contribution is -2.66. The molecule has 16 atom stereocenters.